The number of hydrogen-bond donors (Lipinski definition) is 0. The van der Waals surface area contributed by atoms with Gasteiger partial charge < -0.3 is 0 Å². The van der Waals surface area contributed by atoms with Crippen LogP contribution in [0.4, 0.5) is 0 Å². The first-order chi connectivity index (χ1) is 9.19. The van der Waals surface area contributed by atoms with E-state index in [1.807, 2.05) is 0 Å². The first-order valence-electron chi connectivity index (χ1n) is 9.19. The third kappa shape index (κ3) is 0.685. The van der Waals surface area contributed by atoms with E-state index in [-0.39, 0.29) is 0 Å². The van der Waals surface area contributed by atoms with Crippen molar-refractivity contribution in [2.24, 2.45) is 57.7 Å². The Morgan fingerprint density at radius 3 is 2.42 bits per heavy atom. The summed E-state index contributed by atoms with van der Waals surface area (Å²) < 4.78 is 0. The molecule has 0 heteroatoms. The quantitative estimate of drug-likeness (QED) is 0.597. The van der Waals surface area contributed by atoms with Crippen molar-refractivity contribution < 1.29 is 0 Å². The molecule has 0 nitrogen and oxygen atoms in total. The van der Waals surface area contributed by atoms with Gasteiger partial charge in [-0.2, -0.15) is 0 Å². The van der Waals surface area contributed by atoms with Gasteiger partial charge in [-0.1, -0.05) is 6.92 Å². The van der Waals surface area contributed by atoms with Crippen LogP contribution in [0.2, 0.25) is 0 Å². The Morgan fingerprint density at radius 2 is 1.53 bits per heavy atom. The third-order valence-electron chi connectivity index (χ3n) is 10.6. The van der Waals surface area contributed by atoms with Crippen molar-refractivity contribution >= 4 is 0 Å². The van der Waals surface area contributed by atoms with Crippen LogP contribution < -0.4 is 0 Å². The lowest BCUT2D eigenvalue weighted by molar-refractivity contribution is -0.232. The highest BCUT2D eigenvalue weighted by Gasteiger charge is 2.83. The summed E-state index contributed by atoms with van der Waals surface area (Å²) in [5.74, 6) is 8.28. The van der Waals surface area contributed by atoms with Crippen LogP contribution in [0.1, 0.15) is 58.3 Å². The van der Waals surface area contributed by atoms with Gasteiger partial charge in [-0.3, -0.25) is 0 Å². The zero-order valence-corrected chi connectivity index (χ0v) is 12.2. The van der Waals surface area contributed by atoms with Crippen molar-refractivity contribution in [3.63, 3.8) is 0 Å². The molecule has 12 fully saturated rings. The second kappa shape index (κ2) is 2.35. The lowest BCUT2D eigenvalue weighted by Gasteiger charge is -2.72. The van der Waals surface area contributed by atoms with E-state index >= 15 is 0 Å². The molecule has 0 aromatic heterocycles. The van der Waals surface area contributed by atoms with E-state index in [0.29, 0.717) is 0 Å². The van der Waals surface area contributed by atoms with Gasteiger partial charge in [0, 0.05) is 0 Å². The van der Waals surface area contributed by atoms with E-state index in [9.17, 15) is 0 Å². The number of rotatable bonds is 0. The molecule has 0 aromatic rings. The molecule has 102 valence electrons. The van der Waals surface area contributed by atoms with Gasteiger partial charge in [-0.25, -0.2) is 0 Å². The summed E-state index contributed by atoms with van der Waals surface area (Å²) in [6.45, 7) is 2.70. The molecule has 12 rings (SSSR count). The summed E-state index contributed by atoms with van der Waals surface area (Å²) in [5, 5.41) is 0. The van der Waals surface area contributed by atoms with E-state index in [2.05, 4.69) is 6.92 Å². The first kappa shape index (κ1) is 9.85. The smallest absolute Gasteiger partial charge is 0.0203 e. The zero-order chi connectivity index (χ0) is 12.2. The summed E-state index contributed by atoms with van der Waals surface area (Å²) in [6.07, 6.45) is 13.4. The Hall–Kier alpha value is 0. The molecule has 9 bridgehead atoms. The molecule has 8 atom stereocenters. The normalized spacial score (nSPS) is 80.4. The van der Waals surface area contributed by atoms with Gasteiger partial charge in [-0.05, 0) is 109 Å². The van der Waals surface area contributed by atoms with Crippen LogP contribution in [0.3, 0.4) is 0 Å². The minimum Gasteiger partial charge on any atom is -0.0619 e. The standard InChI is InChI=1S/C19H26/c1-10-13-7-17-2-3-19(13)12-4-11-5-18(6-11,8-14(12)17)16(10)15(19)9-17/h10-16H,2-9H2,1H3. The second-order valence-corrected chi connectivity index (χ2v) is 10.3. The van der Waals surface area contributed by atoms with Crippen molar-refractivity contribution in [1.29, 1.82) is 0 Å². The van der Waals surface area contributed by atoms with Crippen LogP contribution in [-0.4, -0.2) is 0 Å². The van der Waals surface area contributed by atoms with Crippen molar-refractivity contribution in [2.75, 3.05) is 0 Å². The summed E-state index contributed by atoms with van der Waals surface area (Å²) in [5.41, 5.74) is 2.66. The predicted octanol–water partition coefficient (Wildman–Crippen LogP) is 4.49. The zero-order valence-electron chi connectivity index (χ0n) is 12.2. The Balaban J connectivity index is 1.63. The van der Waals surface area contributed by atoms with E-state index in [4.69, 9.17) is 0 Å². The maximum Gasteiger partial charge on any atom is -0.0203 e. The van der Waals surface area contributed by atoms with E-state index in [1.54, 1.807) is 51.4 Å². The fraction of sp³-hybridized carbons (Fsp3) is 1.00. The van der Waals surface area contributed by atoms with Crippen molar-refractivity contribution in [2.45, 2.75) is 58.3 Å². The van der Waals surface area contributed by atoms with Gasteiger partial charge >= 0.3 is 0 Å². The summed E-state index contributed by atoms with van der Waals surface area (Å²) in [6, 6.07) is 0. The molecule has 0 saturated heterocycles. The number of hydrogen-bond acceptors (Lipinski definition) is 0. The van der Waals surface area contributed by atoms with E-state index < -0.39 is 0 Å². The van der Waals surface area contributed by atoms with Gasteiger partial charge in [0.1, 0.15) is 0 Å². The van der Waals surface area contributed by atoms with Crippen LogP contribution in [0.25, 0.3) is 0 Å². The molecular formula is C19H26. The molecule has 12 saturated carbocycles. The molecule has 0 amide bonds. The van der Waals surface area contributed by atoms with Crippen molar-refractivity contribution in [1.82, 2.24) is 0 Å². The lowest BCUT2D eigenvalue weighted by Crippen LogP contribution is -2.65. The molecule has 8 unspecified atom stereocenters. The fourth-order valence-corrected chi connectivity index (χ4v) is 10.8. The van der Waals surface area contributed by atoms with Crippen LogP contribution in [-0.2, 0) is 0 Å². The molecule has 0 radical (unpaired) electrons. The van der Waals surface area contributed by atoms with Gasteiger partial charge in [0.2, 0.25) is 0 Å². The second-order valence-electron chi connectivity index (χ2n) is 10.3. The largest absolute Gasteiger partial charge is 0.0619 e. The summed E-state index contributed by atoms with van der Waals surface area (Å²) in [4.78, 5) is 0. The van der Waals surface area contributed by atoms with Crippen LogP contribution in [0, 0.1) is 57.7 Å². The fourth-order valence-electron chi connectivity index (χ4n) is 10.8. The summed E-state index contributed by atoms with van der Waals surface area (Å²) in [7, 11) is 0. The van der Waals surface area contributed by atoms with Gasteiger partial charge in [0.25, 0.3) is 0 Å². The molecule has 19 heavy (non-hydrogen) atoms. The molecule has 12 aliphatic rings. The molecule has 0 heterocycles. The van der Waals surface area contributed by atoms with Crippen LogP contribution >= 0.6 is 0 Å². The van der Waals surface area contributed by atoms with Crippen molar-refractivity contribution in [3.8, 4) is 0 Å². The molecule has 0 aromatic carbocycles. The molecular weight excluding hydrogens is 228 g/mol. The monoisotopic (exact) mass is 254 g/mol. The maximum atomic E-state index is 2.70. The lowest BCUT2D eigenvalue weighted by atomic mass is 9.33. The van der Waals surface area contributed by atoms with Gasteiger partial charge in [-0.15, -0.1) is 0 Å². The predicted molar refractivity (Wildman–Crippen MR) is 74.3 cm³/mol. The minimum atomic E-state index is 0.879. The molecule has 3 spiro atoms. The van der Waals surface area contributed by atoms with Crippen molar-refractivity contribution in [3.05, 3.63) is 0 Å². The SMILES string of the molecule is CC1C2C3CC45CCC3(C1C4)C1CC3CC2(C3)CC15. The van der Waals surface area contributed by atoms with E-state index in [1.165, 1.54) is 35.5 Å². The first-order valence-corrected chi connectivity index (χ1v) is 9.19. The maximum absolute atomic E-state index is 2.70. The highest BCUT2D eigenvalue weighted by molar-refractivity contribution is 5.31. The third-order valence-corrected chi connectivity index (χ3v) is 10.6. The average Bonchev–Trinajstić information content (AvgIpc) is 2.63. The highest BCUT2D eigenvalue weighted by atomic mass is 14.9. The Labute approximate surface area is 116 Å². The molecule has 12 aliphatic carbocycles. The Kier molecular flexibility index (Phi) is 1.22. The highest BCUT2D eigenvalue weighted by Crippen LogP contribution is 2.90. The van der Waals surface area contributed by atoms with Crippen LogP contribution in [0.15, 0.2) is 0 Å². The van der Waals surface area contributed by atoms with E-state index in [0.717, 1.165) is 22.2 Å². The van der Waals surface area contributed by atoms with Gasteiger partial charge in [0.15, 0.2) is 0 Å². The van der Waals surface area contributed by atoms with Crippen LogP contribution in [0.5, 0.6) is 0 Å². The molecule has 0 N–H and O–H groups in total. The molecule has 0 aliphatic heterocycles. The topological polar surface area (TPSA) is 0 Å². The average molecular weight is 254 g/mol. The Morgan fingerprint density at radius 1 is 0.737 bits per heavy atom. The Bertz CT molecular complexity index is 510. The van der Waals surface area contributed by atoms with Gasteiger partial charge in [0.05, 0.1) is 0 Å². The minimum absolute atomic E-state index is 0.879. The summed E-state index contributed by atoms with van der Waals surface area (Å²) >= 11 is 0.